The van der Waals surface area contributed by atoms with Crippen LogP contribution in [0.5, 0.6) is 0 Å². The number of benzene rings is 1. The van der Waals surface area contributed by atoms with Crippen LogP contribution in [0.2, 0.25) is 0 Å². The Hall–Kier alpha value is -2.42. The Morgan fingerprint density at radius 1 is 1.26 bits per heavy atom. The molecule has 3 N–H and O–H groups in total. The summed E-state index contributed by atoms with van der Waals surface area (Å²) >= 11 is 0. The molecule has 0 aliphatic carbocycles. The summed E-state index contributed by atoms with van der Waals surface area (Å²) in [7, 11) is 0. The molecule has 9 heteroatoms. The fourth-order valence-corrected chi connectivity index (χ4v) is 2.42. The number of carbonyl (C=O) groups excluding carboxylic acids is 2. The number of primary amides is 1. The maximum atomic E-state index is 13.8. The number of hydrogen-bond acceptors (Lipinski definition) is 5. The van der Waals surface area contributed by atoms with Crippen molar-refractivity contribution < 1.29 is 28.2 Å². The fourth-order valence-electron chi connectivity index (χ4n) is 2.42. The molecule has 0 saturated carbocycles. The third-order valence-corrected chi connectivity index (χ3v) is 3.54. The minimum Gasteiger partial charge on any atom is -0.434 e. The lowest BCUT2D eigenvalue weighted by Crippen LogP contribution is -2.53. The number of piperazine rings is 1. The second kappa shape index (κ2) is 7.23. The molecule has 2 rings (SSSR count). The van der Waals surface area contributed by atoms with E-state index in [4.69, 9.17) is 10.8 Å². The zero-order chi connectivity index (χ0) is 17.0. The van der Waals surface area contributed by atoms with E-state index in [-0.39, 0.29) is 18.8 Å². The summed E-state index contributed by atoms with van der Waals surface area (Å²) in [4.78, 5) is 25.9. The maximum absolute atomic E-state index is 13.8. The van der Waals surface area contributed by atoms with Gasteiger partial charge in [-0.2, -0.15) is 0 Å². The molecular weight excluding hydrogens is 312 g/mol. The predicted molar refractivity (Wildman–Crippen MR) is 76.7 cm³/mol. The van der Waals surface area contributed by atoms with Gasteiger partial charge in [0.05, 0.1) is 12.3 Å². The van der Waals surface area contributed by atoms with Gasteiger partial charge in [-0.05, 0) is 12.1 Å². The molecule has 0 aromatic heterocycles. The van der Waals surface area contributed by atoms with E-state index in [1.807, 2.05) is 0 Å². The highest BCUT2D eigenvalue weighted by Gasteiger charge is 2.29. The van der Waals surface area contributed by atoms with Crippen LogP contribution >= 0.6 is 0 Å². The van der Waals surface area contributed by atoms with Crippen LogP contribution < -0.4 is 10.6 Å². The predicted octanol–water partition coefficient (Wildman–Crippen LogP) is 0.0696. The van der Waals surface area contributed by atoms with Crippen molar-refractivity contribution in [2.24, 2.45) is 5.73 Å². The molecule has 1 heterocycles. The number of halogens is 2. The van der Waals surface area contributed by atoms with Gasteiger partial charge in [0.15, 0.2) is 0 Å². The van der Waals surface area contributed by atoms with Gasteiger partial charge in [0, 0.05) is 32.2 Å². The fraction of sp³-hybridized carbons (Fsp3) is 0.429. The van der Waals surface area contributed by atoms with E-state index in [0.717, 1.165) is 6.07 Å². The van der Waals surface area contributed by atoms with Crippen molar-refractivity contribution in [3.8, 4) is 0 Å². The Balaban J connectivity index is 1.97. The monoisotopic (exact) mass is 329 g/mol. The van der Waals surface area contributed by atoms with E-state index < -0.39 is 36.3 Å². The third-order valence-electron chi connectivity index (χ3n) is 3.54. The average Bonchev–Trinajstić information content (AvgIpc) is 2.52. The first kappa shape index (κ1) is 16.9. The van der Waals surface area contributed by atoms with Gasteiger partial charge in [0.2, 0.25) is 6.10 Å². The lowest BCUT2D eigenvalue weighted by Gasteiger charge is -2.37. The number of aliphatic hydroxyl groups is 1. The quantitative estimate of drug-likeness (QED) is 0.815. The van der Waals surface area contributed by atoms with Crippen molar-refractivity contribution in [2.75, 3.05) is 37.7 Å². The molecule has 0 unspecified atom stereocenters. The van der Waals surface area contributed by atoms with Gasteiger partial charge in [-0.25, -0.2) is 13.6 Å². The van der Waals surface area contributed by atoms with E-state index in [2.05, 4.69) is 4.74 Å². The largest absolute Gasteiger partial charge is 0.434 e. The number of nitrogens with zero attached hydrogens (tertiary/aromatic N) is 2. The van der Waals surface area contributed by atoms with E-state index >= 15 is 0 Å². The van der Waals surface area contributed by atoms with Crippen molar-refractivity contribution in [1.82, 2.24) is 4.90 Å². The Bertz CT molecular complexity index is 591. The van der Waals surface area contributed by atoms with Crippen LogP contribution in [0.15, 0.2) is 18.2 Å². The normalized spacial score (nSPS) is 16.1. The van der Waals surface area contributed by atoms with Gasteiger partial charge in [-0.15, -0.1) is 0 Å². The molecule has 1 fully saturated rings. The first-order valence-electron chi connectivity index (χ1n) is 6.98. The highest BCUT2D eigenvalue weighted by molar-refractivity contribution is 5.83. The third kappa shape index (κ3) is 4.07. The Morgan fingerprint density at radius 2 is 1.91 bits per heavy atom. The first-order valence-corrected chi connectivity index (χ1v) is 6.98. The van der Waals surface area contributed by atoms with E-state index in [1.54, 1.807) is 4.90 Å². The number of anilines is 1. The minimum atomic E-state index is -1.35. The molecule has 126 valence electrons. The second-order valence-electron chi connectivity index (χ2n) is 5.02. The Morgan fingerprint density at radius 3 is 2.43 bits per heavy atom. The molecule has 1 aliphatic rings. The number of rotatable bonds is 4. The Kier molecular flexibility index (Phi) is 5.32. The summed E-state index contributed by atoms with van der Waals surface area (Å²) in [6.07, 6.45) is -2.49. The molecule has 1 saturated heterocycles. The summed E-state index contributed by atoms with van der Waals surface area (Å²) in [5.41, 5.74) is 5.09. The van der Waals surface area contributed by atoms with Crippen LogP contribution in [-0.4, -0.2) is 60.9 Å². The topological polar surface area (TPSA) is 96.1 Å². The van der Waals surface area contributed by atoms with Crippen molar-refractivity contribution in [3.63, 3.8) is 0 Å². The summed E-state index contributed by atoms with van der Waals surface area (Å²) < 4.78 is 31.2. The number of aliphatic hydroxyl groups excluding tert-OH is 1. The van der Waals surface area contributed by atoms with Crippen molar-refractivity contribution in [2.45, 2.75) is 6.10 Å². The second-order valence-corrected chi connectivity index (χ2v) is 5.02. The highest BCUT2D eigenvalue weighted by atomic mass is 19.1. The van der Waals surface area contributed by atoms with E-state index in [0.29, 0.717) is 13.1 Å². The molecule has 1 aromatic rings. The van der Waals surface area contributed by atoms with Crippen molar-refractivity contribution in [3.05, 3.63) is 29.8 Å². The van der Waals surface area contributed by atoms with Gasteiger partial charge in [0.1, 0.15) is 11.6 Å². The molecule has 1 atom stereocenters. The molecule has 2 amide bonds. The number of carbonyl (C=O) groups is 2. The first-order chi connectivity index (χ1) is 10.9. The zero-order valence-electron chi connectivity index (χ0n) is 12.2. The lowest BCUT2D eigenvalue weighted by molar-refractivity contribution is -0.142. The van der Waals surface area contributed by atoms with Gasteiger partial charge in [-0.3, -0.25) is 4.79 Å². The number of amides is 2. The van der Waals surface area contributed by atoms with Crippen LogP contribution in [0.1, 0.15) is 0 Å². The van der Waals surface area contributed by atoms with Crippen LogP contribution in [0.25, 0.3) is 0 Å². The molecule has 1 aliphatic heterocycles. The highest BCUT2D eigenvalue weighted by Crippen LogP contribution is 2.21. The standard InChI is InChI=1S/C14H17F2N3O4/c15-9-1-2-11(10(16)7-9)18-3-5-19(6-4-18)13(21)12(8-20)23-14(17)22/h1-2,7,12,20H,3-6,8H2,(H2,17,22)/t12-/m0/s1. The van der Waals surface area contributed by atoms with E-state index in [1.165, 1.54) is 17.0 Å². The van der Waals surface area contributed by atoms with Gasteiger partial charge in [-0.1, -0.05) is 0 Å². The Labute approximate surface area is 131 Å². The van der Waals surface area contributed by atoms with Crippen LogP contribution in [0, 0.1) is 11.6 Å². The summed E-state index contributed by atoms with van der Waals surface area (Å²) in [6.45, 7) is 0.461. The summed E-state index contributed by atoms with van der Waals surface area (Å²) in [6, 6.07) is 3.31. The van der Waals surface area contributed by atoms with E-state index in [9.17, 15) is 18.4 Å². The molecular formula is C14H17F2N3O4. The smallest absolute Gasteiger partial charge is 0.405 e. The molecule has 23 heavy (non-hydrogen) atoms. The van der Waals surface area contributed by atoms with Crippen LogP contribution in [0.4, 0.5) is 19.3 Å². The number of nitrogens with two attached hydrogens (primary N) is 1. The van der Waals surface area contributed by atoms with Crippen LogP contribution in [-0.2, 0) is 9.53 Å². The van der Waals surface area contributed by atoms with Gasteiger partial charge < -0.3 is 25.4 Å². The van der Waals surface area contributed by atoms with Crippen molar-refractivity contribution in [1.29, 1.82) is 0 Å². The summed E-state index contributed by atoms with van der Waals surface area (Å²) in [5, 5.41) is 9.09. The summed E-state index contributed by atoms with van der Waals surface area (Å²) in [5.74, 6) is -1.89. The number of ether oxygens (including phenoxy) is 1. The molecule has 1 aromatic carbocycles. The van der Waals surface area contributed by atoms with Crippen molar-refractivity contribution >= 4 is 17.7 Å². The SMILES string of the molecule is NC(=O)O[C@@H](CO)C(=O)N1CCN(c2ccc(F)cc2F)CC1. The maximum Gasteiger partial charge on any atom is 0.405 e. The van der Waals surface area contributed by atoms with Gasteiger partial charge >= 0.3 is 6.09 Å². The molecule has 0 spiro atoms. The minimum absolute atomic E-state index is 0.244. The zero-order valence-corrected chi connectivity index (χ0v) is 12.2. The molecule has 7 nitrogen and oxygen atoms in total. The van der Waals surface area contributed by atoms with Crippen LogP contribution in [0.3, 0.4) is 0 Å². The lowest BCUT2D eigenvalue weighted by atomic mass is 10.2. The van der Waals surface area contributed by atoms with Gasteiger partial charge in [0.25, 0.3) is 5.91 Å². The average molecular weight is 329 g/mol. The molecule has 0 bridgehead atoms. The number of hydrogen-bond donors (Lipinski definition) is 2. The molecule has 0 radical (unpaired) electrons.